The van der Waals surface area contributed by atoms with Crippen molar-refractivity contribution in [2.24, 2.45) is 0 Å². The molecule has 30 heavy (non-hydrogen) atoms. The first kappa shape index (κ1) is 19.3. The first-order chi connectivity index (χ1) is 14.6. The summed E-state index contributed by atoms with van der Waals surface area (Å²) in [4.78, 5) is 46.8. The fourth-order valence-electron chi connectivity index (χ4n) is 3.18. The summed E-state index contributed by atoms with van der Waals surface area (Å²) in [6, 6.07) is 18.0. The molecule has 150 valence electrons. The lowest BCUT2D eigenvalue weighted by atomic mass is 10.2. The van der Waals surface area contributed by atoms with E-state index in [1.54, 1.807) is 36.5 Å². The Morgan fingerprint density at radius 2 is 1.63 bits per heavy atom. The van der Waals surface area contributed by atoms with Gasteiger partial charge < -0.3 is 5.32 Å². The fraction of sp³-hybridized carbons (Fsp3) is 0.136. The summed E-state index contributed by atoms with van der Waals surface area (Å²) in [5, 5.41) is 2.80. The highest BCUT2D eigenvalue weighted by Crippen LogP contribution is 2.06. The van der Waals surface area contributed by atoms with Crippen LogP contribution in [0.4, 0.5) is 0 Å². The normalized spacial score (nSPS) is 10.8. The molecule has 0 unspecified atom stereocenters. The van der Waals surface area contributed by atoms with Gasteiger partial charge in [0.2, 0.25) is 5.91 Å². The summed E-state index contributed by atoms with van der Waals surface area (Å²) in [7, 11) is 0. The molecule has 0 fully saturated rings. The Morgan fingerprint density at radius 1 is 0.867 bits per heavy atom. The van der Waals surface area contributed by atoms with Crippen LogP contribution in [0, 0.1) is 0 Å². The summed E-state index contributed by atoms with van der Waals surface area (Å²) in [5.74, 6) is -0.339. The van der Waals surface area contributed by atoms with E-state index < -0.39 is 11.2 Å². The largest absolute Gasteiger partial charge is 0.350 e. The molecule has 0 aliphatic carbocycles. The summed E-state index contributed by atoms with van der Waals surface area (Å²) in [6.45, 7) is 0.116. The van der Waals surface area contributed by atoms with Gasteiger partial charge in [0, 0.05) is 18.9 Å². The molecule has 0 saturated carbocycles. The maximum absolute atomic E-state index is 13.1. The quantitative estimate of drug-likeness (QED) is 0.525. The van der Waals surface area contributed by atoms with Crippen molar-refractivity contribution >= 4 is 16.9 Å². The zero-order valence-electron chi connectivity index (χ0n) is 16.1. The number of fused-ring (bicyclic) bond motifs is 1. The first-order valence-corrected chi connectivity index (χ1v) is 9.42. The zero-order chi connectivity index (χ0) is 20.9. The van der Waals surface area contributed by atoms with E-state index in [2.05, 4.69) is 15.3 Å². The smallest absolute Gasteiger partial charge is 0.332 e. The molecule has 0 spiro atoms. The van der Waals surface area contributed by atoms with Gasteiger partial charge in [-0.25, -0.2) is 9.78 Å². The van der Waals surface area contributed by atoms with Crippen molar-refractivity contribution in [3.63, 3.8) is 0 Å². The molecule has 4 aromatic rings. The minimum Gasteiger partial charge on any atom is -0.350 e. The molecule has 0 aliphatic rings. The van der Waals surface area contributed by atoms with E-state index in [0.717, 1.165) is 10.1 Å². The van der Waals surface area contributed by atoms with E-state index in [0.29, 0.717) is 17.8 Å². The third-order valence-corrected chi connectivity index (χ3v) is 4.67. The minimum absolute atomic E-state index is 0.00332. The Kier molecular flexibility index (Phi) is 5.47. The Morgan fingerprint density at radius 3 is 2.40 bits per heavy atom. The van der Waals surface area contributed by atoms with Gasteiger partial charge >= 0.3 is 5.69 Å². The second kappa shape index (κ2) is 8.52. The van der Waals surface area contributed by atoms with Gasteiger partial charge in [-0.15, -0.1) is 0 Å². The monoisotopic (exact) mass is 401 g/mol. The molecular formula is C22H19N5O3. The van der Waals surface area contributed by atoms with Crippen molar-refractivity contribution in [2.45, 2.75) is 19.6 Å². The molecule has 0 bridgehead atoms. The first-order valence-electron chi connectivity index (χ1n) is 9.42. The maximum Gasteiger partial charge on any atom is 0.332 e. The van der Waals surface area contributed by atoms with Crippen LogP contribution in [0.2, 0.25) is 0 Å². The van der Waals surface area contributed by atoms with Crippen LogP contribution in [0.3, 0.4) is 0 Å². The maximum atomic E-state index is 13.1. The number of carbonyl (C=O) groups excluding carboxylic acids is 1. The Balaban J connectivity index is 1.69. The van der Waals surface area contributed by atoms with Gasteiger partial charge in [0.25, 0.3) is 5.56 Å². The van der Waals surface area contributed by atoms with Crippen LogP contribution in [0.15, 0.2) is 82.6 Å². The number of rotatable bonds is 6. The zero-order valence-corrected chi connectivity index (χ0v) is 16.1. The molecular weight excluding hydrogens is 382 g/mol. The van der Waals surface area contributed by atoms with Crippen LogP contribution in [0.1, 0.15) is 11.3 Å². The van der Waals surface area contributed by atoms with Gasteiger partial charge in [0.1, 0.15) is 6.54 Å². The fourth-order valence-corrected chi connectivity index (χ4v) is 3.18. The highest BCUT2D eigenvalue weighted by atomic mass is 16.2. The van der Waals surface area contributed by atoms with Crippen LogP contribution < -0.4 is 16.6 Å². The number of hydrogen-bond acceptors (Lipinski definition) is 5. The number of aromatic nitrogens is 4. The summed E-state index contributed by atoms with van der Waals surface area (Å²) >= 11 is 0. The predicted molar refractivity (Wildman–Crippen MR) is 112 cm³/mol. The number of amides is 1. The van der Waals surface area contributed by atoms with Gasteiger partial charge in [0.05, 0.1) is 17.8 Å². The number of benzene rings is 1. The van der Waals surface area contributed by atoms with Gasteiger partial charge in [-0.2, -0.15) is 0 Å². The highest BCUT2D eigenvalue weighted by Gasteiger charge is 2.16. The molecule has 3 aromatic heterocycles. The van der Waals surface area contributed by atoms with Crippen LogP contribution in [0.5, 0.6) is 0 Å². The van der Waals surface area contributed by atoms with Crippen LogP contribution >= 0.6 is 0 Å². The number of nitrogens with zero attached hydrogens (tertiary/aromatic N) is 4. The van der Waals surface area contributed by atoms with Gasteiger partial charge in [-0.1, -0.05) is 36.4 Å². The lowest BCUT2D eigenvalue weighted by Crippen LogP contribution is -2.43. The summed E-state index contributed by atoms with van der Waals surface area (Å²) in [6.07, 6.45) is 3.08. The van der Waals surface area contributed by atoms with Crippen molar-refractivity contribution in [3.05, 3.63) is 105 Å². The van der Waals surface area contributed by atoms with E-state index in [1.807, 2.05) is 30.3 Å². The molecule has 0 aliphatic heterocycles. The second-order valence-electron chi connectivity index (χ2n) is 6.71. The van der Waals surface area contributed by atoms with E-state index in [4.69, 9.17) is 0 Å². The number of pyridine rings is 2. The molecule has 3 heterocycles. The Labute approximate surface area is 171 Å². The van der Waals surface area contributed by atoms with Gasteiger partial charge in [-0.3, -0.25) is 23.7 Å². The van der Waals surface area contributed by atoms with Crippen LogP contribution in [-0.4, -0.2) is 25.0 Å². The number of nitrogens with one attached hydrogen (secondary N) is 1. The summed E-state index contributed by atoms with van der Waals surface area (Å²) < 4.78 is 2.33. The van der Waals surface area contributed by atoms with E-state index in [9.17, 15) is 14.4 Å². The van der Waals surface area contributed by atoms with E-state index in [1.165, 1.54) is 10.8 Å². The topological polar surface area (TPSA) is 98.9 Å². The Hall–Kier alpha value is -4.07. The molecule has 4 rings (SSSR count). The van der Waals surface area contributed by atoms with Gasteiger partial charge in [-0.05, 0) is 29.8 Å². The predicted octanol–water partition coefficient (Wildman–Crippen LogP) is 1.32. The molecule has 0 atom stereocenters. The highest BCUT2D eigenvalue weighted by molar-refractivity contribution is 5.79. The molecule has 1 aromatic carbocycles. The van der Waals surface area contributed by atoms with Crippen molar-refractivity contribution in [1.29, 1.82) is 0 Å². The lowest BCUT2D eigenvalue weighted by molar-refractivity contribution is -0.121. The van der Waals surface area contributed by atoms with Crippen molar-refractivity contribution < 1.29 is 4.79 Å². The molecule has 1 N–H and O–H groups in total. The SMILES string of the molecule is O=C(Cn1c(=O)n(Cc2ccccn2)c(=O)c2ncccc21)NCc1ccccc1. The van der Waals surface area contributed by atoms with Crippen LogP contribution in [0.25, 0.3) is 11.0 Å². The third-order valence-electron chi connectivity index (χ3n) is 4.67. The average molecular weight is 401 g/mol. The standard InChI is InChI=1S/C22H19N5O3/c28-19(25-13-16-7-2-1-3-8-16)15-26-18-10-6-12-24-20(18)21(29)27(22(26)30)14-17-9-4-5-11-23-17/h1-12H,13-15H2,(H,25,28). The van der Waals surface area contributed by atoms with Gasteiger partial charge in [0.15, 0.2) is 5.52 Å². The van der Waals surface area contributed by atoms with Crippen molar-refractivity contribution in [2.75, 3.05) is 0 Å². The second-order valence-corrected chi connectivity index (χ2v) is 6.71. The number of hydrogen-bond donors (Lipinski definition) is 1. The third kappa shape index (κ3) is 4.02. The van der Waals surface area contributed by atoms with Crippen molar-refractivity contribution in [3.8, 4) is 0 Å². The molecule has 0 radical (unpaired) electrons. The Bertz CT molecular complexity index is 1300. The molecule has 1 amide bonds. The van der Waals surface area contributed by atoms with E-state index >= 15 is 0 Å². The summed E-state index contributed by atoms with van der Waals surface area (Å²) in [5.41, 5.74) is 0.864. The van der Waals surface area contributed by atoms with Crippen LogP contribution in [-0.2, 0) is 24.4 Å². The average Bonchev–Trinajstić information content (AvgIpc) is 2.79. The minimum atomic E-state index is -0.582. The molecule has 8 nitrogen and oxygen atoms in total. The van der Waals surface area contributed by atoms with E-state index in [-0.39, 0.29) is 24.5 Å². The molecule has 8 heteroatoms. The molecule has 0 saturated heterocycles. The van der Waals surface area contributed by atoms with Crippen molar-refractivity contribution in [1.82, 2.24) is 24.4 Å². The lowest BCUT2D eigenvalue weighted by Gasteiger charge is -2.13. The number of carbonyl (C=O) groups is 1.